The van der Waals surface area contributed by atoms with E-state index in [9.17, 15) is 9.18 Å². The largest absolute Gasteiger partial charge is 0.491 e. The van der Waals surface area contributed by atoms with Crippen molar-refractivity contribution in [1.29, 1.82) is 0 Å². The van der Waals surface area contributed by atoms with Crippen molar-refractivity contribution in [2.75, 3.05) is 18.3 Å². The molecule has 0 saturated heterocycles. The van der Waals surface area contributed by atoms with Gasteiger partial charge in [0.25, 0.3) is 6.01 Å². The highest BCUT2D eigenvalue weighted by molar-refractivity contribution is 6.11. The number of amides is 1. The molecular formula is C21H14FNO5. The number of carbonyl (C=O) groups is 1. The van der Waals surface area contributed by atoms with Crippen LogP contribution in [0.1, 0.15) is 16.9 Å². The highest BCUT2D eigenvalue weighted by Crippen LogP contribution is 2.55. The van der Waals surface area contributed by atoms with E-state index in [1.807, 2.05) is 30.3 Å². The Labute approximate surface area is 159 Å². The van der Waals surface area contributed by atoms with E-state index in [4.69, 9.17) is 18.6 Å². The Morgan fingerprint density at radius 1 is 0.964 bits per heavy atom. The van der Waals surface area contributed by atoms with E-state index in [0.29, 0.717) is 23.0 Å². The number of ether oxygens (including phenoxy) is 3. The topological polar surface area (TPSA) is 61.1 Å². The van der Waals surface area contributed by atoms with E-state index in [0.717, 1.165) is 16.8 Å². The van der Waals surface area contributed by atoms with Crippen LogP contribution in [0.25, 0.3) is 0 Å². The lowest BCUT2D eigenvalue weighted by atomic mass is 9.77. The predicted octanol–water partition coefficient (Wildman–Crippen LogP) is 3.37. The second-order valence-electron chi connectivity index (χ2n) is 7.01. The van der Waals surface area contributed by atoms with Gasteiger partial charge >= 0.3 is 0 Å². The fourth-order valence-electron chi connectivity index (χ4n) is 4.31. The summed E-state index contributed by atoms with van der Waals surface area (Å²) in [7, 11) is 0. The highest BCUT2D eigenvalue weighted by atomic mass is 19.1. The molecule has 7 heteroatoms. The molecule has 1 amide bonds. The van der Waals surface area contributed by atoms with Crippen molar-refractivity contribution in [3.05, 3.63) is 71.4 Å². The van der Waals surface area contributed by atoms with E-state index < -0.39 is 11.4 Å². The molecule has 1 atom stereocenters. The van der Waals surface area contributed by atoms with Crippen molar-refractivity contribution >= 4 is 11.6 Å². The maximum absolute atomic E-state index is 13.7. The fourth-order valence-corrected chi connectivity index (χ4v) is 4.31. The van der Waals surface area contributed by atoms with Crippen LogP contribution < -0.4 is 19.1 Å². The first-order valence-corrected chi connectivity index (χ1v) is 8.89. The molecule has 4 heterocycles. The maximum Gasteiger partial charge on any atom is 0.277 e. The van der Waals surface area contributed by atoms with Gasteiger partial charge in [0.1, 0.15) is 23.5 Å². The monoisotopic (exact) mass is 379 g/mol. The number of nitrogens with zero attached hydrogens (tertiary/aromatic N) is 1. The molecule has 28 heavy (non-hydrogen) atoms. The Kier molecular flexibility index (Phi) is 2.94. The Morgan fingerprint density at radius 3 is 2.61 bits per heavy atom. The maximum atomic E-state index is 13.7. The first-order valence-electron chi connectivity index (χ1n) is 8.89. The Morgan fingerprint density at radius 2 is 1.79 bits per heavy atom. The van der Waals surface area contributed by atoms with Gasteiger partial charge in [0.05, 0.1) is 6.54 Å². The van der Waals surface area contributed by atoms with E-state index in [2.05, 4.69) is 0 Å². The van der Waals surface area contributed by atoms with Gasteiger partial charge in [0, 0.05) is 23.4 Å². The minimum absolute atomic E-state index is 0.136. The molecule has 0 aliphatic carbocycles. The number of para-hydroxylation sites is 1. The van der Waals surface area contributed by atoms with Crippen LogP contribution in [0.15, 0.2) is 52.9 Å². The second-order valence-corrected chi connectivity index (χ2v) is 7.01. The average Bonchev–Trinajstić information content (AvgIpc) is 3.45. The standard InChI is InChI=1S/C21H14FNO5/c22-19-6-5-12(28-19)9-23-15-4-2-1-3-13(15)21(20(23)24)10-25-16-8-18-17(7-14(16)21)26-11-27-18/h1-8H,9-11H2. The molecule has 6 nitrogen and oxygen atoms in total. The van der Waals surface area contributed by atoms with Crippen LogP contribution in [-0.4, -0.2) is 19.3 Å². The zero-order valence-corrected chi connectivity index (χ0v) is 14.6. The molecule has 6 rings (SSSR count). The molecule has 0 N–H and O–H groups in total. The predicted molar refractivity (Wildman–Crippen MR) is 95.1 cm³/mol. The number of furan rings is 1. The van der Waals surface area contributed by atoms with Crippen molar-refractivity contribution in [3.63, 3.8) is 0 Å². The van der Waals surface area contributed by atoms with E-state index in [1.54, 1.807) is 11.0 Å². The number of fused-ring (bicyclic) bond motifs is 5. The van der Waals surface area contributed by atoms with Crippen LogP contribution in [0, 0.1) is 6.01 Å². The average molecular weight is 379 g/mol. The Hall–Kier alpha value is -3.48. The minimum atomic E-state index is -0.974. The summed E-state index contributed by atoms with van der Waals surface area (Å²) in [5, 5.41) is 0. The van der Waals surface area contributed by atoms with Crippen molar-refractivity contribution in [2.45, 2.75) is 12.0 Å². The third-order valence-electron chi connectivity index (χ3n) is 5.59. The molecule has 1 aromatic heterocycles. The molecule has 1 spiro atoms. The van der Waals surface area contributed by atoms with Gasteiger partial charge in [-0.05, 0) is 23.8 Å². The summed E-state index contributed by atoms with van der Waals surface area (Å²) < 4.78 is 35.2. The molecule has 0 radical (unpaired) electrons. The zero-order chi connectivity index (χ0) is 18.9. The van der Waals surface area contributed by atoms with Gasteiger partial charge in [-0.1, -0.05) is 18.2 Å². The van der Waals surface area contributed by atoms with Gasteiger partial charge < -0.3 is 23.5 Å². The highest BCUT2D eigenvalue weighted by Gasteiger charge is 2.57. The van der Waals surface area contributed by atoms with Crippen LogP contribution in [0.3, 0.4) is 0 Å². The summed E-state index contributed by atoms with van der Waals surface area (Å²) in [6.07, 6.45) is 0. The quantitative estimate of drug-likeness (QED) is 0.683. The molecule has 2 aromatic carbocycles. The summed E-state index contributed by atoms with van der Waals surface area (Å²) >= 11 is 0. The van der Waals surface area contributed by atoms with Gasteiger partial charge in [-0.2, -0.15) is 4.39 Å². The molecule has 140 valence electrons. The number of rotatable bonds is 2. The van der Waals surface area contributed by atoms with Crippen LogP contribution >= 0.6 is 0 Å². The van der Waals surface area contributed by atoms with Gasteiger partial charge in [0.15, 0.2) is 11.5 Å². The van der Waals surface area contributed by atoms with Gasteiger partial charge in [-0.3, -0.25) is 4.79 Å². The summed E-state index contributed by atoms with van der Waals surface area (Å²) in [4.78, 5) is 15.3. The summed E-state index contributed by atoms with van der Waals surface area (Å²) in [6, 6.07) is 13.3. The first kappa shape index (κ1) is 15.6. The van der Waals surface area contributed by atoms with Crippen LogP contribution in [0.2, 0.25) is 0 Å². The van der Waals surface area contributed by atoms with E-state index in [1.165, 1.54) is 12.1 Å². The third-order valence-corrected chi connectivity index (χ3v) is 5.59. The van der Waals surface area contributed by atoms with E-state index >= 15 is 0 Å². The smallest absolute Gasteiger partial charge is 0.277 e. The van der Waals surface area contributed by atoms with Crippen LogP contribution in [0.5, 0.6) is 17.2 Å². The van der Waals surface area contributed by atoms with Gasteiger partial charge in [0.2, 0.25) is 12.7 Å². The van der Waals surface area contributed by atoms with Crippen molar-refractivity contribution < 1.29 is 27.8 Å². The Balaban J connectivity index is 1.51. The number of benzene rings is 2. The molecule has 3 aliphatic heterocycles. The molecular weight excluding hydrogens is 365 g/mol. The molecule has 1 unspecified atom stereocenters. The second kappa shape index (κ2) is 5.28. The van der Waals surface area contributed by atoms with Crippen LogP contribution in [-0.2, 0) is 16.8 Å². The number of carbonyl (C=O) groups excluding carboxylic acids is 1. The first-order chi connectivity index (χ1) is 13.7. The zero-order valence-electron chi connectivity index (χ0n) is 14.6. The lowest BCUT2D eigenvalue weighted by molar-refractivity contribution is -0.122. The minimum Gasteiger partial charge on any atom is -0.491 e. The third kappa shape index (κ3) is 1.88. The number of anilines is 1. The fraction of sp³-hybridized carbons (Fsp3) is 0.190. The lowest BCUT2D eigenvalue weighted by Gasteiger charge is -2.22. The molecule has 3 aromatic rings. The number of hydrogen-bond donors (Lipinski definition) is 0. The number of halogens is 1. The van der Waals surface area contributed by atoms with Crippen LogP contribution in [0.4, 0.5) is 10.1 Å². The number of hydrogen-bond acceptors (Lipinski definition) is 5. The molecule has 0 bridgehead atoms. The van der Waals surface area contributed by atoms with Crippen molar-refractivity contribution in [1.82, 2.24) is 0 Å². The Bertz CT molecular complexity index is 1140. The van der Waals surface area contributed by atoms with E-state index in [-0.39, 0.29) is 25.9 Å². The van der Waals surface area contributed by atoms with Crippen molar-refractivity contribution in [3.8, 4) is 17.2 Å². The lowest BCUT2D eigenvalue weighted by Crippen LogP contribution is -2.42. The molecule has 0 saturated carbocycles. The normalized spacial score (nSPS) is 21.2. The molecule has 0 fully saturated rings. The van der Waals surface area contributed by atoms with Gasteiger partial charge in [-0.25, -0.2) is 0 Å². The SMILES string of the molecule is O=C1N(Cc2ccc(F)o2)c2ccccc2C12COc1cc3c(cc12)OCO3. The molecule has 3 aliphatic rings. The van der Waals surface area contributed by atoms with Gasteiger partial charge in [-0.15, -0.1) is 0 Å². The summed E-state index contributed by atoms with van der Waals surface area (Å²) in [6.45, 7) is 0.470. The summed E-state index contributed by atoms with van der Waals surface area (Å²) in [5.41, 5.74) is 1.39. The van der Waals surface area contributed by atoms with Crippen molar-refractivity contribution in [2.24, 2.45) is 0 Å². The summed E-state index contributed by atoms with van der Waals surface area (Å²) in [5.74, 6) is 2.06.